The van der Waals surface area contributed by atoms with Gasteiger partial charge in [-0.3, -0.25) is 0 Å². The van der Waals surface area contributed by atoms with Crippen LogP contribution in [-0.2, 0) is 4.74 Å². The van der Waals surface area contributed by atoms with E-state index in [4.69, 9.17) is 9.47 Å². The Morgan fingerprint density at radius 1 is 1.39 bits per heavy atom. The van der Waals surface area contributed by atoms with Crippen molar-refractivity contribution in [3.8, 4) is 5.75 Å². The summed E-state index contributed by atoms with van der Waals surface area (Å²) in [4.78, 5) is 0. The molecule has 18 heavy (non-hydrogen) atoms. The zero-order chi connectivity index (χ0) is 13.5. The Kier molecular flexibility index (Phi) is 6.42. The summed E-state index contributed by atoms with van der Waals surface area (Å²) < 4.78 is 23.5. The number of rotatable bonds is 7. The summed E-state index contributed by atoms with van der Waals surface area (Å²) in [5.41, 5.74) is 0.0362. The van der Waals surface area contributed by atoms with Crippen LogP contribution in [0, 0.1) is 5.82 Å². The molecule has 0 radical (unpaired) electrons. The van der Waals surface area contributed by atoms with Gasteiger partial charge in [0.2, 0.25) is 0 Å². The van der Waals surface area contributed by atoms with E-state index in [-0.39, 0.29) is 18.8 Å². The van der Waals surface area contributed by atoms with Crippen molar-refractivity contribution in [3.63, 3.8) is 0 Å². The van der Waals surface area contributed by atoms with Crippen LogP contribution >= 0.6 is 12.6 Å². The van der Waals surface area contributed by atoms with Crippen LogP contribution in [0.4, 0.5) is 4.39 Å². The van der Waals surface area contributed by atoms with Gasteiger partial charge in [-0.15, -0.1) is 0 Å². The Balaban J connectivity index is 2.78. The first kappa shape index (κ1) is 15.2. The highest BCUT2D eigenvalue weighted by Crippen LogP contribution is 2.25. The molecule has 0 aromatic heterocycles. The quantitative estimate of drug-likeness (QED) is 0.522. The third-order valence-corrected chi connectivity index (χ3v) is 2.68. The van der Waals surface area contributed by atoms with E-state index in [1.807, 2.05) is 0 Å². The van der Waals surface area contributed by atoms with E-state index in [2.05, 4.69) is 12.6 Å². The fourth-order valence-electron chi connectivity index (χ4n) is 1.46. The van der Waals surface area contributed by atoms with Crippen LogP contribution in [-0.4, -0.2) is 36.0 Å². The third-order valence-electron chi connectivity index (χ3n) is 2.42. The van der Waals surface area contributed by atoms with Gasteiger partial charge in [-0.2, -0.15) is 12.6 Å². The number of halogens is 1. The second-order valence-corrected chi connectivity index (χ2v) is 4.21. The number of hydrogen-bond donors (Lipinski definition) is 3. The molecule has 0 saturated carbocycles. The van der Waals surface area contributed by atoms with Crippen molar-refractivity contribution in [1.29, 1.82) is 0 Å². The van der Waals surface area contributed by atoms with Crippen LogP contribution in [0.5, 0.6) is 5.75 Å². The highest BCUT2D eigenvalue weighted by atomic mass is 32.1. The number of ether oxygens (including phenoxy) is 2. The normalized spacial score (nSPS) is 14.3. The average Bonchev–Trinajstić information content (AvgIpc) is 2.36. The van der Waals surface area contributed by atoms with E-state index in [1.54, 1.807) is 0 Å². The topological polar surface area (TPSA) is 58.9 Å². The van der Waals surface area contributed by atoms with Gasteiger partial charge in [-0.05, 0) is 24.3 Å². The Morgan fingerprint density at radius 2 is 2.11 bits per heavy atom. The van der Waals surface area contributed by atoms with E-state index < -0.39 is 18.0 Å². The highest BCUT2D eigenvalue weighted by Gasteiger charge is 2.21. The van der Waals surface area contributed by atoms with Gasteiger partial charge in [0.25, 0.3) is 0 Å². The standard InChI is InChI=1S/C12H17FO4S/c1-16-7-17-8-2-3-9(10(13)6-8)12(15)11(14)4-5-18/h2-3,6,11-12,14-15,18H,4-5,7H2,1H3. The van der Waals surface area contributed by atoms with Crippen molar-refractivity contribution in [1.82, 2.24) is 0 Å². The molecule has 0 saturated heterocycles. The Labute approximate surface area is 111 Å². The molecule has 2 atom stereocenters. The minimum atomic E-state index is -1.27. The van der Waals surface area contributed by atoms with Crippen molar-refractivity contribution in [2.75, 3.05) is 19.7 Å². The molecule has 2 unspecified atom stereocenters. The van der Waals surface area contributed by atoms with Gasteiger partial charge in [-0.1, -0.05) is 0 Å². The predicted octanol–water partition coefficient (Wildman–Crippen LogP) is 1.52. The molecule has 6 heteroatoms. The first-order valence-electron chi connectivity index (χ1n) is 5.48. The minimum Gasteiger partial charge on any atom is -0.467 e. The molecular formula is C12H17FO4S. The maximum Gasteiger partial charge on any atom is 0.188 e. The highest BCUT2D eigenvalue weighted by molar-refractivity contribution is 7.80. The van der Waals surface area contributed by atoms with Crippen LogP contribution in [0.15, 0.2) is 18.2 Å². The molecule has 4 nitrogen and oxygen atoms in total. The number of hydrogen-bond acceptors (Lipinski definition) is 5. The molecular weight excluding hydrogens is 259 g/mol. The molecule has 0 fully saturated rings. The zero-order valence-electron chi connectivity index (χ0n) is 10.0. The van der Waals surface area contributed by atoms with Gasteiger partial charge in [0.1, 0.15) is 17.7 Å². The average molecular weight is 276 g/mol. The summed E-state index contributed by atoms with van der Waals surface area (Å²) in [6.45, 7) is 0.0175. The minimum absolute atomic E-state index is 0.0175. The Morgan fingerprint density at radius 3 is 2.67 bits per heavy atom. The Bertz CT molecular complexity index is 375. The monoisotopic (exact) mass is 276 g/mol. The summed E-state index contributed by atoms with van der Waals surface area (Å²) in [6.07, 6.45) is -2.03. The summed E-state index contributed by atoms with van der Waals surface area (Å²) >= 11 is 3.95. The lowest BCUT2D eigenvalue weighted by atomic mass is 10.0. The van der Waals surface area contributed by atoms with E-state index in [1.165, 1.54) is 19.2 Å². The molecule has 1 aromatic rings. The SMILES string of the molecule is COCOc1ccc(C(O)C(O)CCS)c(F)c1. The second kappa shape index (κ2) is 7.58. The molecule has 2 N–H and O–H groups in total. The maximum absolute atomic E-state index is 13.7. The predicted molar refractivity (Wildman–Crippen MR) is 68.3 cm³/mol. The van der Waals surface area contributed by atoms with Gasteiger partial charge in [0.15, 0.2) is 6.79 Å². The smallest absolute Gasteiger partial charge is 0.188 e. The molecule has 102 valence electrons. The van der Waals surface area contributed by atoms with Crippen molar-refractivity contribution in [3.05, 3.63) is 29.6 Å². The van der Waals surface area contributed by atoms with Crippen LogP contribution in [0.25, 0.3) is 0 Å². The molecule has 0 bridgehead atoms. The lowest BCUT2D eigenvalue weighted by molar-refractivity contribution is 0.0149. The fraction of sp³-hybridized carbons (Fsp3) is 0.500. The second-order valence-electron chi connectivity index (χ2n) is 3.76. The zero-order valence-corrected chi connectivity index (χ0v) is 10.9. The molecule has 1 rings (SSSR count). The third kappa shape index (κ3) is 4.13. The van der Waals surface area contributed by atoms with Crippen molar-refractivity contribution < 1.29 is 24.1 Å². The van der Waals surface area contributed by atoms with E-state index >= 15 is 0 Å². The van der Waals surface area contributed by atoms with Crippen LogP contribution in [0.3, 0.4) is 0 Å². The molecule has 0 aliphatic carbocycles. The number of methoxy groups -OCH3 is 1. The van der Waals surface area contributed by atoms with E-state index in [9.17, 15) is 14.6 Å². The summed E-state index contributed by atoms with van der Waals surface area (Å²) in [5.74, 6) is 0.0813. The number of thiol groups is 1. The van der Waals surface area contributed by atoms with Crippen LogP contribution in [0.1, 0.15) is 18.1 Å². The van der Waals surface area contributed by atoms with Crippen molar-refractivity contribution >= 4 is 12.6 Å². The van der Waals surface area contributed by atoms with Crippen LogP contribution < -0.4 is 4.74 Å². The summed E-state index contributed by atoms with van der Waals surface area (Å²) in [7, 11) is 1.46. The summed E-state index contributed by atoms with van der Waals surface area (Å²) in [6, 6.07) is 4.03. The molecule has 0 aliphatic rings. The van der Waals surface area contributed by atoms with Crippen molar-refractivity contribution in [2.24, 2.45) is 0 Å². The van der Waals surface area contributed by atoms with E-state index in [0.29, 0.717) is 11.5 Å². The molecule has 0 heterocycles. The first-order chi connectivity index (χ1) is 8.60. The molecule has 0 amide bonds. The Hall–Kier alpha value is -0.820. The fourth-order valence-corrected chi connectivity index (χ4v) is 1.73. The number of benzene rings is 1. The lowest BCUT2D eigenvalue weighted by Gasteiger charge is -2.18. The van der Waals surface area contributed by atoms with Gasteiger partial charge in [-0.25, -0.2) is 4.39 Å². The molecule has 0 aliphatic heterocycles. The largest absolute Gasteiger partial charge is 0.467 e. The van der Waals surface area contributed by atoms with Gasteiger partial charge in [0, 0.05) is 18.7 Å². The first-order valence-corrected chi connectivity index (χ1v) is 6.11. The summed E-state index contributed by atoms with van der Waals surface area (Å²) in [5, 5.41) is 19.4. The molecule has 1 aromatic carbocycles. The lowest BCUT2D eigenvalue weighted by Crippen LogP contribution is -2.19. The van der Waals surface area contributed by atoms with Crippen LogP contribution in [0.2, 0.25) is 0 Å². The van der Waals surface area contributed by atoms with Gasteiger partial charge >= 0.3 is 0 Å². The maximum atomic E-state index is 13.7. The molecule has 0 spiro atoms. The van der Waals surface area contributed by atoms with E-state index in [0.717, 1.165) is 6.07 Å². The van der Waals surface area contributed by atoms with Gasteiger partial charge in [0.05, 0.1) is 6.10 Å². The van der Waals surface area contributed by atoms with Crippen molar-refractivity contribution in [2.45, 2.75) is 18.6 Å². The number of aliphatic hydroxyl groups is 2. The van der Waals surface area contributed by atoms with Gasteiger partial charge < -0.3 is 19.7 Å². The number of aliphatic hydroxyl groups excluding tert-OH is 2.